The third kappa shape index (κ3) is 4.25. The largest absolute Gasteiger partial charge is 0.493 e. The zero-order valence-electron chi connectivity index (χ0n) is 15.8. The highest BCUT2D eigenvalue weighted by atomic mass is 16.5. The lowest BCUT2D eigenvalue weighted by Crippen LogP contribution is -2.27. The van der Waals surface area contributed by atoms with E-state index < -0.39 is 0 Å². The summed E-state index contributed by atoms with van der Waals surface area (Å²) in [6, 6.07) is 11.6. The van der Waals surface area contributed by atoms with Gasteiger partial charge in [-0.15, -0.1) is 0 Å². The summed E-state index contributed by atoms with van der Waals surface area (Å²) in [6.45, 7) is 1.96. The maximum Gasteiger partial charge on any atom is 0.259 e. The average molecular weight is 366 g/mol. The van der Waals surface area contributed by atoms with Crippen molar-refractivity contribution in [3.8, 4) is 11.5 Å². The van der Waals surface area contributed by atoms with Crippen LogP contribution in [0.5, 0.6) is 11.5 Å². The lowest BCUT2D eigenvalue weighted by atomic mass is 10.2. The molecule has 0 atom stereocenters. The lowest BCUT2D eigenvalue weighted by molar-refractivity contribution is -0.130. The van der Waals surface area contributed by atoms with Crippen LogP contribution in [0.3, 0.4) is 0 Å². The van der Waals surface area contributed by atoms with Gasteiger partial charge in [0, 0.05) is 31.2 Å². The van der Waals surface area contributed by atoms with E-state index >= 15 is 0 Å². The number of hydrogen-bond acceptors (Lipinski definition) is 6. The molecule has 0 saturated carbocycles. The minimum absolute atomic E-state index is 0.0801. The van der Waals surface area contributed by atoms with Crippen LogP contribution in [-0.4, -0.2) is 48.6 Å². The van der Waals surface area contributed by atoms with Gasteiger partial charge in [0.1, 0.15) is 12.1 Å². The number of hydrogen-bond donors (Lipinski definition) is 1. The number of carbonyl (C=O) groups is 1. The topological polar surface area (TPSA) is 76.6 Å². The Morgan fingerprint density at radius 1 is 1.11 bits per heavy atom. The Morgan fingerprint density at radius 2 is 1.85 bits per heavy atom. The molecule has 140 valence electrons. The fourth-order valence-electron chi connectivity index (χ4n) is 2.48. The Hall–Kier alpha value is -3.35. The molecule has 0 fully saturated rings. The molecule has 1 N–H and O–H groups in total. The highest BCUT2D eigenvalue weighted by Gasteiger charge is 2.14. The SMILES string of the molecule is COc1cc2ncnc(Nc3ccc(C)cc3)c2cc1OCC(=O)N(C)C. The van der Waals surface area contributed by atoms with Gasteiger partial charge in [0.05, 0.1) is 12.6 Å². The second-order valence-corrected chi connectivity index (χ2v) is 6.31. The Labute approximate surface area is 157 Å². The van der Waals surface area contributed by atoms with Crippen molar-refractivity contribution in [2.75, 3.05) is 33.1 Å². The van der Waals surface area contributed by atoms with Crippen LogP contribution in [0.25, 0.3) is 10.9 Å². The van der Waals surface area contributed by atoms with Gasteiger partial charge < -0.3 is 19.7 Å². The number of fused-ring (bicyclic) bond motifs is 1. The molecule has 0 aliphatic heterocycles. The highest BCUT2D eigenvalue weighted by molar-refractivity contribution is 5.93. The van der Waals surface area contributed by atoms with Crippen molar-refractivity contribution in [3.63, 3.8) is 0 Å². The lowest BCUT2D eigenvalue weighted by Gasteiger charge is -2.15. The molecule has 27 heavy (non-hydrogen) atoms. The van der Waals surface area contributed by atoms with Crippen LogP contribution in [0, 0.1) is 6.92 Å². The predicted molar refractivity (Wildman–Crippen MR) is 105 cm³/mol. The number of benzene rings is 2. The summed E-state index contributed by atoms with van der Waals surface area (Å²) < 4.78 is 11.1. The molecule has 0 radical (unpaired) electrons. The van der Waals surface area contributed by atoms with Gasteiger partial charge >= 0.3 is 0 Å². The van der Waals surface area contributed by atoms with Gasteiger partial charge in [-0.1, -0.05) is 17.7 Å². The molecule has 3 aromatic rings. The Balaban J connectivity index is 1.96. The summed E-state index contributed by atoms with van der Waals surface area (Å²) in [5, 5.41) is 4.07. The van der Waals surface area contributed by atoms with Crippen LogP contribution in [-0.2, 0) is 4.79 Å². The maximum atomic E-state index is 11.8. The fraction of sp³-hybridized carbons (Fsp3) is 0.250. The van der Waals surface area contributed by atoms with Gasteiger partial charge in [-0.2, -0.15) is 0 Å². The summed E-state index contributed by atoms with van der Waals surface area (Å²) in [5.41, 5.74) is 2.81. The molecular formula is C20H22N4O3. The smallest absolute Gasteiger partial charge is 0.259 e. The first-order valence-corrected chi connectivity index (χ1v) is 8.47. The first kappa shape index (κ1) is 18.4. The van der Waals surface area contributed by atoms with E-state index in [1.165, 1.54) is 16.8 Å². The van der Waals surface area contributed by atoms with E-state index in [4.69, 9.17) is 9.47 Å². The van der Waals surface area contributed by atoms with Crippen molar-refractivity contribution in [1.29, 1.82) is 0 Å². The van der Waals surface area contributed by atoms with Gasteiger partial charge in [0.15, 0.2) is 18.1 Å². The van der Waals surface area contributed by atoms with Crippen molar-refractivity contribution >= 4 is 28.3 Å². The molecule has 0 unspecified atom stereocenters. The number of amides is 1. The van der Waals surface area contributed by atoms with Crippen molar-refractivity contribution < 1.29 is 14.3 Å². The van der Waals surface area contributed by atoms with Crippen LogP contribution < -0.4 is 14.8 Å². The number of aromatic nitrogens is 2. The fourth-order valence-corrected chi connectivity index (χ4v) is 2.48. The van der Waals surface area contributed by atoms with E-state index in [0.29, 0.717) is 22.8 Å². The van der Waals surface area contributed by atoms with Gasteiger partial charge in [-0.3, -0.25) is 4.79 Å². The van der Waals surface area contributed by atoms with E-state index in [-0.39, 0.29) is 12.5 Å². The summed E-state index contributed by atoms with van der Waals surface area (Å²) in [7, 11) is 4.91. The number of aryl methyl sites for hydroxylation is 1. The number of ether oxygens (including phenoxy) is 2. The van der Waals surface area contributed by atoms with Gasteiger partial charge in [0.2, 0.25) is 0 Å². The molecule has 0 bridgehead atoms. The highest BCUT2D eigenvalue weighted by Crippen LogP contribution is 2.34. The standard InChI is InChI=1S/C20H22N4O3/c1-13-5-7-14(8-6-13)23-20-15-9-18(27-11-19(25)24(2)3)17(26-4)10-16(15)21-12-22-20/h5-10,12H,11H2,1-4H3,(H,21,22,23). The summed E-state index contributed by atoms with van der Waals surface area (Å²) in [6.07, 6.45) is 1.49. The Kier molecular flexibility index (Phi) is 5.40. The minimum Gasteiger partial charge on any atom is -0.493 e. The van der Waals surface area contributed by atoms with Crippen molar-refractivity contribution in [3.05, 3.63) is 48.3 Å². The van der Waals surface area contributed by atoms with Gasteiger partial charge in [-0.05, 0) is 25.1 Å². The first-order valence-electron chi connectivity index (χ1n) is 8.47. The summed E-state index contributed by atoms with van der Waals surface area (Å²) in [5.74, 6) is 1.48. The molecule has 0 spiro atoms. The van der Waals surface area contributed by atoms with E-state index in [1.54, 1.807) is 33.3 Å². The van der Waals surface area contributed by atoms with Crippen LogP contribution in [0.4, 0.5) is 11.5 Å². The van der Waals surface area contributed by atoms with Crippen LogP contribution in [0.1, 0.15) is 5.56 Å². The van der Waals surface area contributed by atoms with Gasteiger partial charge in [0.25, 0.3) is 5.91 Å². The monoisotopic (exact) mass is 366 g/mol. The molecule has 0 aliphatic carbocycles. The quantitative estimate of drug-likeness (QED) is 0.722. The van der Waals surface area contributed by atoms with E-state index in [2.05, 4.69) is 15.3 Å². The van der Waals surface area contributed by atoms with Crippen molar-refractivity contribution in [2.24, 2.45) is 0 Å². The third-order valence-corrected chi connectivity index (χ3v) is 4.08. The number of methoxy groups -OCH3 is 1. The van der Waals surface area contributed by atoms with E-state index in [1.807, 2.05) is 31.2 Å². The molecule has 0 saturated heterocycles. The average Bonchev–Trinajstić information content (AvgIpc) is 2.67. The van der Waals surface area contributed by atoms with Crippen LogP contribution in [0.2, 0.25) is 0 Å². The number of nitrogens with zero attached hydrogens (tertiary/aromatic N) is 3. The third-order valence-electron chi connectivity index (χ3n) is 4.08. The normalized spacial score (nSPS) is 10.5. The second-order valence-electron chi connectivity index (χ2n) is 6.31. The summed E-state index contributed by atoms with van der Waals surface area (Å²) >= 11 is 0. The Bertz CT molecular complexity index is 955. The number of likely N-dealkylation sites (N-methyl/N-ethyl adjacent to an activating group) is 1. The molecule has 1 heterocycles. The molecule has 0 aliphatic rings. The number of carbonyl (C=O) groups excluding carboxylic acids is 1. The first-order chi connectivity index (χ1) is 13.0. The van der Waals surface area contributed by atoms with Crippen LogP contribution >= 0.6 is 0 Å². The Morgan fingerprint density at radius 3 is 2.52 bits per heavy atom. The molecule has 2 aromatic carbocycles. The molecular weight excluding hydrogens is 344 g/mol. The molecule has 7 heteroatoms. The predicted octanol–water partition coefficient (Wildman–Crippen LogP) is 3.16. The molecule has 7 nitrogen and oxygen atoms in total. The number of nitrogens with one attached hydrogen (secondary N) is 1. The zero-order chi connectivity index (χ0) is 19.4. The van der Waals surface area contributed by atoms with E-state index in [0.717, 1.165) is 11.1 Å². The summed E-state index contributed by atoms with van der Waals surface area (Å²) in [4.78, 5) is 22.0. The molecule has 1 amide bonds. The van der Waals surface area contributed by atoms with Crippen LogP contribution in [0.15, 0.2) is 42.7 Å². The number of anilines is 2. The van der Waals surface area contributed by atoms with E-state index in [9.17, 15) is 4.79 Å². The van der Waals surface area contributed by atoms with Gasteiger partial charge in [-0.25, -0.2) is 9.97 Å². The number of rotatable bonds is 6. The molecule has 1 aromatic heterocycles. The van der Waals surface area contributed by atoms with Crippen molar-refractivity contribution in [1.82, 2.24) is 14.9 Å². The maximum absolute atomic E-state index is 11.8. The zero-order valence-corrected chi connectivity index (χ0v) is 15.8. The van der Waals surface area contributed by atoms with Crippen molar-refractivity contribution in [2.45, 2.75) is 6.92 Å². The molecule has 3 rings (SSSR count). The minimum atomic E-state index is -0.139. The second kappa shape index (κ2) is 7.90.